The molecule has 4 rings (SSSR count). The number of carbonyl (C=O) groups excluding carboxylic acids is 2. The Hall–Kier alpha value is -2.91. The molecule has 0 spiro atoms. The van der Waals surface area contributed by atoms with Crippen LogP contribution in [0.2, 0.25) is 0 Å². The van der Waals surface area contributed by atoms with E-state index in [1.165, 1.54) is 18.6 Å². The maximum atomic E-state index is 13.0. The van der Waals surface area contributed by atoms with E-state index in [4.69, 9.17) is 4.74 Å². The van der Waals surface area contributed by atoms with Gasteiger partial charge < -0.3 is 10.1 Å². The molecule has 2 amide bonds. The summed E-state index contributed by atoms with van der Waals surface area (Å²) in [5.41, 5.74) is 1.52. The fourth-order valence-corrected chi connectivity index (χ4v) is 5.99. The van der Waals surface area contributed by atoms with Gasteiger partial charge in [0.05, 0.1) is 24.6 Å². The predicted octanol–water partition coefficient (Wildman–Crippen LogP) is 2.72. The molecule has 1 N–H and O–H groups in total. The first kappa shape index (κ1) is 23.3. The van der Waals surface area contributed by atoms with Gasteiger partial charge in [0.2, 0.25) is 15.9 Å². The van der Waals surface area contributed by atoms with Gasteiger partial charge in [-0.05, 0) is 50.2 Å². The van der Waals surface area contributed by atoms with Crippen LogP contribution in [0.1, 0.15) is 47.6 Å². The van der Waals surface area contributed by atoms with E-state index in [0.29, 0.717) is 12.1 Å². The molecule has 0 bridgehead atoms. The van der Waals surface area contributed by atoms with Crippen molar-refractivity contribution in [2.75, 3.05) is 36.8 Å². The van der Waals surface area contributed by atoms with E-state index in [2.05, 4.69) is 10.2 Å². The highest BCUT2D eigenvalue weighted by atomic mass is 32.2. The van der Waals surface area contributed by atoms with Crippen LogP contribution in [0.4, 0.5) is 5.69 Å². The van der Waals surface area contributed by atoms with Gasteiger partial charge in [0, 0.05) is 24.1 Å². The summed E-state index contributed by atoms with van der Waals surface area (Å²) in [5, 5.41) is 3.01. The summed E-state index contributed by atoms with van der Waals surface area (Å²) in [4.78, 5) is 27.5. The average Bonchev–Trinajstić information content (AvgIpc) is 3.12. The minimum absolute atomic E-state index is 0.0464. The van der Waals surface area contributed by atoms with Crippen LogP contribution in [0.3, 0.4) is 0 Å². The van der Waals surface area contributed by atoms with E-state index >= 15 is 0 Å². The summed E-state index contributed by atoms with van der Waals surface area (Å²) in [6, 6.07) is 14.0. The first-order chi connectivity index (χ1) is 15.9. The molecule has 2 heterocycles. The van der Waals surface area contributed by atoms with Gasteiger partial charge in [-0.3, -0.25) is 14.5 Å². The van der Waals surface area contributed by atoms with Gasteiger partial charge in [0.15, 0.2) is 0 Å². The lowest BCUT2D eigenvalue weighted by Crippen LogP contribution is -2.40. The molecular formula is C24H29N3O5S. The van der Waals surface area contributed by atoms with Crippen molar-refractivity contribution in [3.8, 4) is 5.75 Å². The molecule has 2 aromatic rings. The van der Waals surface area contributed by atoms with Crippen LogP contribution in [0, 0.1) is 0 Å². The van der Waals surface area contributed by atoms with Gasteiger partial charge in [-0.1, -0.05) is 30.7 Å². The van der Waals surface area contributed by atoms with Crippen LogP contribution in [-0.4, -0.2) is 57.6 Å². The normalized spacial score (nSPS) is 19.3. The first-order valence-corrected chi connectivity index (χ1v) is 12.8. The number of nitrogens with one attached hydrogen (secondary N) is 1. The number of sulfonamides is 1. The predicted molar refractivity (Wildman–Crippen MR) is 126 cm³/mol. The number of anilines is 1. The quantitative estimate of drug-likeness (QED) is 0.667. The highest BCUT2D eigenvalue weighted by Gasteiger charge is 2.36. The molecule has 2 saturated heterocycles. The molecule has 2 aliphatic rings. The zero-order valence-electron chi connectivity index (χ0n) is 18.7. The maximum absolute atomic E-state index is 13.0. The number of ether oxygens (including phenoxy) is 1. The highest BCUT2D eigenvalue weighted by molar-refractivity contribution is 7.94. The van der Waals surface area contributed by atoms with Crippen molar-refractivity contribution in [3.63, 3.8) is 0 Å². The molecule has 33 heavy (non-hydrogen) atoms. The molecular weight excluding hydrogens is 442 g/mol. The highest BCUT2D eigenvalue weighted by Crippen LogP contribution is 2.31. The number of hydrogen-bond donors (Lipinski definition) is 1. The molecule has 0 aromatic heterocycles. The van der Waals surface area contributed by atoms with Gasteiger partial charge in [0.25, 0.3) is 5.91 Å². The summed E-state index contributed by atoms with van der Waals surface area (Å²) < 4.78 is 30.9. The summed E-state index contributed by atoms with van der Waals surface area (Å²) in [5.74, 6) is -0.229. The Morgan fingerprint density at radius 3 is 2.55 bits per heavy atom. The third-order valence-corrected chi connectivity index (χ3v) is 7.90. The topological polar surface area (TPSA) is 96.0 Å². The SMILES string of the molecule is COc1ccccc1[C@H](CNC(=O)c1cccc(N2C(=O)CCS2(=O)=O)c1)N1CCCCC1. The number of hydrogen-bond acceptors (Lipinski definition) is 6. The maximum Gasteiger partial charge on any atom is 0.251 e. The number of likely N-dealkylation sites (tertiary alicyclic amines) is 1. The second-order valence-corrected chi connectivity index (χ2v) is 10.3. The number of nitrogens with zero attached hydrogens (tertiary/aromatic N) is 2. The molecule has 8 nitrogen and oxygen atoms in total. The summed E-state index contributed by atoms with van der Waals surface area (Å²) in [7, 11) is -2.04. The third-order valence-electron chi connectivity index (χ3n) is 6.21. The molecule has 2 aliphatic heterocycles. The van der Waals surface area contributed by atoms with Gasteiger partial charge in [-0.25, -0.2) is 12.7 Å². The lowest BCUT2D eigenvalue weighted by Gasteiger charge is -2.35. The minimum atomic E-state index is -3.68. The first-order valence-electron chi connectivity index (χ1n) is 11.2. The van der Waals surface area contributed by atoms with Gasteiger partial charge in [-0.2, -0.15) is 0 Å². The van der Waals surface area contributed by atoms with Crippen LogP contribution in [0.25, 0.3) is 0 Å². The van der Waals surface area contributed by atoms with E-state index in [1.54, 1.807) is 19.2 Å². The van der Waals surface area contributed by atoms with E-state index in [-0.39, 0.29) is 29.8 Å². The van der Waals surface area contributed by atoms with Crippen molar-refractivity contribution >= 4 is 27.5 Å². The molecule has 2 aromatic carbocycles. The number of methoxy groups -OCH3 is 1. The van der Waals surface area contributed by atoms with Gasteiger partial charge in [-0.15, -0.1) is 0 Å². The number of benzene rings is 2. The van der Waals surface area contributed by atoms with E-state index in [9.17, 15) is 18.0 Å². The number of amides is 2. The Kier molecular flexibility index (Phi) is 6.99. The number of piperidine rings is 1. The Morgan fingerprint density at radius 1 is 1.09 bits per heavy atom. The monoisotopic (exact) mass is 471 g/mol. The van der Waals surface area contributed by atoms with Crippen molar-refractivity contribution in [2.45, 2.75) is 31.7 Å². The molecule has 9 heteroatoms. The zero-order valence-corrected chi connectivity index (χ0v) is 19.5. The van der Waals surface area contributed by atoms with Crippen molar-refractivity contribution in [2.24, 2.45) is 0 Å². The summed E-state index contributed by atoms with van der Waals surface area (Å²) in [6.45, 7) is 2.27. The van der Waals surface area contributed by atoms with Crippen LogP contribution in [-0.2, 0) is 14.8 Å². The second-order valence-electron chi connectivity index (χ2n) is 8.34. The van der Waals surface area contributed by atoms with Gasteiger partial charge >= 0.3 is 0 Å². The van der Waals surface area contributed by atoms with Gasteiger partial charge in [0.1, 0.15) is 5.75 Å². The molecule has 0 radical (unpaired) electrons. The van der Waals surface area contributed by atoms with Crippen LogP contribution < -0.4 is 14.4 Å². The van der Waals surface area contributed by atoms with E-state index in [1.807, 2.05) is 24.3 Å². The van der Waals surface area contributed by atoms with Crippen molar-refractivity contribution in [1.82, 2.24) is 10.2 Å². The van der Waals surface area contributed by atoms with Crippen LogP contribution >= 0.6 is 0 Å². The van der Waals surface area contributed by atoms with Crippen molar-refractivity contribution < 1.29 is 22.7 Å². The number of para-hydroxylation sites is 1. The molecule has 0 saturated carbocycles. The Labute approximate surface area is 194 Å². The number of carbonyl (C=O) groups is 2. The second kappa shape index (κ2) is 9.93. The Balaban J connectivity index is 1.54. The fourth-order valence-electron chi connectivity index (χ4n) is 4.54. The Morgan fingerprint density at radius 2 is 1.85 bits per heavy atom. The van der Waals surface area contributed by atoms with E-state index in [0.717, 1.165) is 41.5 Å². The summed E-state index contributed by atoms with van der Waals surface area (Å²) >= 11 is 0. The zero-order chi connectivity index (χ0) is 23.4. The van der Waals surface area contributed by atoms with Crippen LogP contribution in [0.5, 0.6) is 5.75 Å². The molecule has 2 fully saturated rings. The average molecular weight is 472 g/mol. The third kappa shape index (κ3) is 5.04. The smallest absolute Gasteiger partial charge is 0.251 e. The van der Waals surface area contributed by atoms with Crippen LogP contribution in [0.15, 0.2) is 48.5 Å². The van der Waals surface area contributed by atoms with Crippen molar-refractivity contribution in [1.29, 1.82) is 0 Å². The number of rotatable bonds is 7. The molecule has 0 unspecified atom stereocenters. The largest absolute Gasteiger partial charge is 0.496 e. The molecule has 1 atom stereocenters. The lowest BCUT2D eigenvalue weighted by atomic mass is 10.0. The standard InChI is InChI=1S/C24H29N3O5S/c1-32-22-11-4-3-10-20(22)21(26-13-5-2-6-14-26)17-25-24(29)18-8-7-9-19(16-18)27-23(28)12-15-33(27,30)31/h3-4,7-11,16,21H,2,5-6,12-15,17H2,1H3,(H,25,29)/t21-/m0/s1. The minimum Gasteiger partial charge on any atom is -0.496 e. The lowest BCUT2D eigenvalue weighted by molar-refractivity contribution is -0.116. The molecule has 176 valence electrons. The Bertz CT molecular complexity index is 1130. The fraction of sp³-hybridized carbons (Fsp3) is 0.417. The molecule has 0 aliphatic carbocycles. The summed E-state index contributed by atoms with van der Waals surface area (Å²) in [6.07, 6.45) is 3.38. The van der Waals surface area contributed by atoms with E-state index < -0.39 is 15.9 Å². The van der Waals surface area contributed by atoms with Crippen molar-refractivity contribution in [3.05, 3.63) is 59.7 Å².